The highest BCUT2D eigenvalue weighted by Gasteiger charge is 2.22. The van der Waals surface area contributed by atoms with Gasteiger partial charge in [0, 0.05) is 33.4 Å². The van der Waals surface area contributed by atoms with Crippen molar-refractivity contribution in [2.24, 2.45) is 0 Å². The molecule has 1 aromatic carbocycles. The molecule has 6 heteroatoms. The van der Waals surface area contributed by atoms with E-state index >= 15 is 0 Å². The number of carbonyl (C=O) groups excluding carboxylic acids is 1. The van der Waals surface area contributed by atoms with Crippen molar-refractivity contribution in [2.75, 3.05) is 0 Å². The van der Waals surface area contributed by atoms with Crippen LogP contribution in [0.25, 0.3) is 22.2 Å². The van der Waals surface area contributed by atoms with Gasteiger partial charge in [0.25, 0.3) is 0 Å². The first-order valence-electron chi connectivity index (χ1n) is 7.69. The summed E-state index contributed by atoms with van der Waals surface area (Å²) in [5.74, 6) is 0. The van der Waals surface area contributed by atoms with Gasteiger partial charge in [0.15, 0.2) is 0 Å². The van der Waals surface area contributed by atoms with E-state index in [1.54, 1.807) is 18.5 Å². The number of carbonyl (C=O) groups is 1. The van der Waals surface area contributed by atoms with Crippen LogP contribution in [0.15, 0.2) is 47.2 Å². The molecule has 126 valence electrons. The Labute approximate surface area is 154 Å². The molecule has 2 heterocycles. The Morgan fingerprint density at radius 1 is 1.28 bits per heavy atom. The van der Waals surface area contributed by atoms with Gasteiger partial charge in [-0.1, -0.05) is 18.2 Å². The molecular formula is C19H16BrN3O2. The van der Waals surface area contributed by atoms with E-state index < -0.39 is 11.7 Å². The van der Waals surface area contributed by atoms with Crippen LogP contribution in [0.3, 0.4) is 0 Å². The van der Waals surface area contributed by atoms with Crippen LogP contribution < -0.4 is 0 Å². The van der Waals surface area contributed by atoms with Crippen LogP contribution in [0, 0.1) is 11.3 Å². The van der Waals surface area contributed by atoms with E-state index in [4.69, 9.17) is 4.74 Å². The zero-order valence-electron chi connectivity index (χ0n) is 14.1. The molecule has 25 heavy (non-hydrogen) atoms. The maximum absolute atomic E-state index is 12.6. The molecule has 0 spiro atoms. The fourth-order valence-electron chi connectivity index (χ4n) is 2.56. The minimum atomic E-state index is -0.617. The van der Waals surface area contributed by atoms with Crippen LogP contribution in [0.5, 0.6) is 0 Å². The van der Waals surface area contributed by atoms with E-state index in [2.05, 4.69) is 27.0 Å². The van der Waals surface area contributed by atoms with Crippen LogP contribution in [-0.2, 0) is 4.74 Å². The number of aromatic nitrogens is 2. The predicted molar refractivity (Wildman–Crippen MR) is 99.2 cm³/mol. The zero-order valence-corrected chi connectivity index (χ0v) is 15.7. The highest BCUT2D eigenvalue weighted by atomic mass is 79.9. The van der Waals surface area contributed by atoms with Crippen molar-refractivity contribution in [3.8, 4) is 17.2 Å². The number of hydrogen-bond donors (Lipinski definition) is 0. The average Bonchev–Trinajstić information content (AvgIpc) is 2.92. The fraction of sp³-hybridized carbons (Fsp3) is 0.211. The smallest absolute Gasteiger partial charge is 0.420 e. The number of nitriles is 1. The maximum Gasteiger partial charge on any atom is 0.420 e. The molecule has 2 aromatic heterocycles. The number of ether oxygens (including phenoxy) is 1. The first kappa shape index (κ1) is 17.2. The lowest BCUT2D eigenvalue weighted by atomic mass is 10.0. The lowest BCUT2D eigenvalue weighted by molar-refractivity contribution is 0.0544. The van der Waals surface area contributed by atoms with Crippen LogP contribution in [-0.4, -0.2) is 21.2 Å². The third kappa shape index (κ3) is 3.42. The van der Waals surface area contributed by atoms with Crippen molar-refractivity contribution >= 4 is 33.1 Å². The van der Waals surface area contributed by atoms with Gasteiger partial charge >= 0.3 is 6.09 Å². The second-order valence-corrected chi connectivity index (χ2v) is 7.49. The van der Waals surface area contributed by atoms with Crippen molar-refractivity contribution in [1.29, 1.82) is 5.26 Å². The molecule has 0 bridgehead atoms. The average molecular weight is 398 g/mol. The monoisotopic (exact) mass is 397 g/mol. The zero-order chi connectivity index (χ0) is 18.2. The second-order valence-electron chi connectivity index (χ2n) is 6.58. The molecule has 0 saturated carbocycles. The second kappa shape index (κ2) is 6.34. The summed E-state index contributed by atoms with van der Waals surface area (Å²) in [5, 5.41) is 10.2. The van der Waals surface area contributed by atoms with Crippen LogP contribution in [0.2, 0.25) is 0 Å². The molecule has 3 rings (SSSR count). The summed E-state index contributed by atoms with van der Waals surface area (Å²) in [4.78, 5) is 16.9. The van der Waals surface area contributed by atoms with E-state index in [0.717, 1.165) is 21.0 Å². The quantitative estimate of drug-likeness (QED) is 0.571. The maximum atomic E-state index is 12.6. The Kier molecular flexibility index (Phi) is 4.36. The highest BCUT2D eigenvalue weighted by Crippen LogP contribution is 2.33. The third-order valence-corrected chi connectivity index (χ3v) is 3.97. The molecule has 0 aliphatic heterocycles. The van der Waals surface area contributed by atoms with Crippen molar-refractivity contribution in [3.63, 3.8) is 0 Å². The number of nitrogens with zero attached hydrogens (tertiary/aromatic N) is 3. The summed E-state index contributed by atoms with van der Waals surface area (Å²) in [5.41, 5.74) is 1.91. The number of fused-ring (bicyclic) bond motifs is 1. The normalized spacial score (nSPS) is 11.3. The lowest BCUT2D eigenvalue weighted by Gasteiger charge is -2.19. The largest absolute Gasteiger partial charge is 0.443 e. The molecule has 0 N–H and O–H groups in total. The minimum Gasteiger partial charge on any atom is -0.443 e. The first-order valence-corrected chi connectivity index (χ1v) is 8.49. The van der Waals surface area contributed by atoms with Crippen molar-refractivity contribution in [3.05, 3.63) is 52.8 Å². The van der Waals surface area contributed by atoms with Gasteiger partial charge in [0.1, 0.15) is 11.2 Å². The Hall–Kier alpha value is -2.65. The van der Waals surface area contributed by atoms with Gasteiger partial charge in [-0.15, -0.1) is 0 Å². The Morgan fingerprint density at radius 3 is 2.68 bits per heavy atom. The van der Waals surface area contributed by atoms with E-state index in [-0.39, 0.29) is 0 Å². The van der Waals surface area contributed by atoms with Gasteiger partial charge in [-0.2, -0.15) is 5.26 Å². The topological polar surface area (TPSA) is 67.9 Å². The summed E-state index contributed by atoms with van der Waals surface area (Å²) < 4.78 is 7.65. The van der Waals surface area contributed by atoms with Crippen LogP contribution in [0.1, 0.15) is 26.3 Å². The van der Waals surface area contributed by atoms with E-state index in [9.17, 15) is 10.1 Å². The fourth-order valence-corrected chi connectivity index (χ4v) is 2.89. The number of benzene rings is 1. The molecule has 0 saturated heterocycles. The minimum absolute atomic E-state index is 0.486. The van der Waals surface area contributed by atoms with E-state index in [1.807, 2.05) is 45.0 Å². The molecule has 0 aliphatic carbocycles. The third-order valence-electron chi connectivity index (χ3n) is 3.54. The van der Waals surface area contributed by atoms with E-state index in [0.29, 0.717) is 11.2 Å². The van der Waals surface area contributed by atoms with Gasteiger partial charge in [0.2, 0.25) is 0 Å². The van der Waals surface area contributed by atoms with Gasteiger partial charge < -0.3 is 4.74 Å². The first-order chi connectivity index (χ1) is 11.8. The summed E-state index contributed by atoms with van der Waals surface area (Å²) in [6, 6.07) is 11.3. The molecule has 0 amide bonds. The van der Waals surface area contributed by atoms with Crippen LogP contribution in [0.4, 0.5) is 4.79 Å². The number of pyridine rings is 1. The van der Waals surface area contributed by atoms with Gasteiger partial charge in [-0.25, -0.2) is 14.3 Å². The molecule has 0 radical (unpaired) electrons. The van der Waals surface area contributed by atoms with Crippen molar-refractivity contribution in [1.82, 2.24) is 9.55 Å². The molecule has 0 unspecified atom stereocenters. The molecule has 0 atom stereocenters. The highest BCUT2D eigenvalue weighted by molar-refractivity contribution is 9.10. The number of rotatable bonds is 1. The van der Waals surface area contributed by atoms with E-state index in [1.165, 1.54) is 4.57 Å². The lowest BCUT2D eigenvalue weighted by Crippen LogP contribution is -2.26. The molecule has 0 fully saturated rings. The standard InChI is InChI=1S/C19H16BrN3O2/c1-19(2,3)25-18(24)23-11-16(14-7-5-4-6-12(14)9-21)15-8-13(20)10-22-17(15)23/h4-8,10-11H,1-3H3. The summed E-state index contributed by atoms with van der Waals surface area (Å²) in [6.07, 6.45) is 2.80. The Bertz CT molecular complexity index is 1010. The van der Waals surface area contributed by atoms with Crippen LogP contribution >= 0.6 is 15.9 Å². The number of hydrogen-bond acceptors (Lipinski definition) is 4. The van der Waals surface area contributed by atoms with Gasteiger partial charge in [0.05, 0.1) is 11.6 Å². The Balaban J connectivity index is 2.25. The summed E-state index contributed by atoms with van der Waals surface area (Å²) >= 11 is 3.42. The Morgan fingerprint density at radius 2 is 2.00 bits per heavy atom. The predicted octanol–water partition coefficient (Wildman–Crippen LogP) is 5.12. The van der Waals surface area contributed by atoms with Gasteiger partial charge in [-0.3, -0.25) is 0 Å². The molecule has 5 nitrogen and oxygen atoms in total. The van der Waals surface area contributed by atoms with Gasteiger partial charge in [-0.05, 0) is 48.8 Å². The SMILES string of the molecule is CC(C)(C)OC(=O)n1cc(-c2ccccc2C#N)c2cc(Br)cnc21. The molecule has 3 aromatic rings. The molecule has 0 aliphatic rings. The number of halogens is 1. The summed E-state index contributed by atoms with van der Waals surface area (Å²) in [7, 11) is 0. The summed E-state index contributed by atoms with van der Waals surface area (Å²) in [6.45, 7) is 5.44. The molecular weight excluding hydrogens is 382 g/mol. The van der Waals surface area contributed by atoms with Crippen molar-refractivity contribution < 1.29 is 9.53 Å². The van der Waals surface area contributed by atoms with Crippen molar-refractivity contribution in [2.45, 2.75) is 26.4 Å².